The van der Waals surface area contributed by atoms with E-state index in [1.165, 1.54) is 0 Å². The van der Waals surface area contributed by atoms with Crippen LogP contribution in [0.25, 0.3) is 0 Å². The van der Waals surface area contributed by atoms with Gasteiger partial charge in [-0.25, -0.2) is 0 Å². The molecule has 4 nitrogen and oxygen atoms in total. The standard InChI is InChI=1S/C15H22N2O2/c1-12-5-4-6-14(11-12)19-13(2)15(18)17-9-7-16(3)8-10-17/h4-6,11,13H,7-10H2,1-3H3/t13-/m1/s1. The molecule has 1 heterocycles. The molecule has 1 amide bonds. The van der Waals surface area contributed by atoms with Crippen LogP contribution in [0.4, 0.5) is 0 Å². The van der Waals surface area contributed by atoms with E-state index in [2.05, 4.69) is 11.9 Å². The zero-order valence-corrected chi connectivity index (χ0v) is 11.9. The maximum absolute atomic E-state index is 12.3. The first-order valence-corrected chi connectivity index (χ1v) is 6.77. The first-order valence-electron chi connectivity index (χ1n) is 6.77. The van der Waals surface area contributed by atoms with E-state index >= 15 is 0 Å². The maximum atomic E-state index is 12.3. The SMILES string of the molecule is Cc1cccc(O[C@H](C)C(=O)N2CCN(C)CC2)c1. The van der Waals surface area contributed by atoms with Crippen molar-refractivity contribution in [2.45, 2.75) is 20.0 Å². The number of likely N-dealkylation sites (N-methyl/N-ethyl adjacent to an activating group) is 1. The van der Waals surface area contributed by atoms with Gasteiger partial charge in [0.25, 0.3) is 5.91 Å². The summed E-state index contributed by atoms with van der Waals surface area (Å²) in [4.78, 5) is 16.4. The third-order valence-corrected chi connectivity index (χ3v) is 3.47. The molecule has 1 fully saturated rings. The van der Waals surface area contributed by atoms with Crippen molar-refractivity contribution in [3.63, 3.8) is 0 Å². The highest BCUT2D eigenvalue weighted by Crippen LogP contribution is 2.15. The van der Waals surface area contributed by atoms with Gasteiger partial charge in [-0.2, -0.15) is 0 Å². The third kappa shape index (κ3) is 3.70. The van der Waals surface area contributed by atoms with E-state index < -0.39 is 6.10 Å². The first-order chi connectivity index (χ1) is 9.06. The van der Waals surface area contributed by atoms with Gasteiger partial charge in [-0.3, -0.25) is 4.79 Å². The van der Waals surface area contributed by atoms with E-state index in [0.29, 0.717) is 0 Å². The van der Waals surface area contributed by atoms with Crippen LogP contribution in [0, 0.1) is 6.92 Å². The summed E-state index contributed by atoms with van der Waals surface area (Å²) >= 11 is 0. The topological polar surface area (TPSA) is 32.8 Å². The second kappa shape index (κ2) is 6.06. The average molecular weight is 262 g/mol. The molecule has 0 N–H and O–H groups in total. The van der Waals surface area contributed by atoms with Crippen LogP contribution >= 0.6 is 0 Å². The Morgan fingerprint density at radius 3 is 2.58 bits per heavy atom. The van der Waals surface area contributed by atoms with Crippen molar-refractivity contribution in [3.05, 3.63) is 29.8 Å². The summed E-state index contributed by atoms with van der Waals surface area (Å²) in [5.41, 5.74) is 1.14. The second-order valence-corrected chi connectivity index (χ2v) is 5.21. The number of amides is 1. The second-order valence-electron chi connectivity index (χ2n) is 5.21. The highest BCUT2D eigenvalue weighted by molar-refractivity contribution is 5.81. The van der Waals surface area contributed by atoms with Crippen LogP contribution in [0.1, 0.15) is 12.5 Å². The van der Waals surface area contributed by atoms with E-state index in [9.17, 15) is 4.79 Å². The number of carbonyl (C=O) groups is 1. The summed E-state index contributed by atoms with van der Waals surface area (Å²) in [5, 5.41) is 0. The lowest BCUT2D eigenvalue weighted by Crippen LogP contribution is -2.50. The predicted molar refractivity (Wildman–Crippen MR) is 75.3 cm³/mol. The minimum absolute atomic E-state index is 0.0783. The van der Waals surface area contributed by atoms with Crippen LogP contribution in [0.5, 0.6) is 5.75 Å². The van der Waals surface area contributed by atoms with Gasteiger partial charge < -0.3 is 14.5 Å². The van der Waals surface area contributed by atoms with Gasteiger partial charge in [0, 0.05) is 26.2 Å². The Hall–Kier alpha value is -1.55. The molecule has 0 spiro atoms. The van der Waals surface area contributed by atoms with Gasteiger partial charge in [-0.1, -0.05) is 12.1 Å². The number of hydrogen-bond acceptors (Lipinski definition) is 3. The average Bonchev–Trinajstić information content (AvgIpc) is 2.39. The molecule has 1 atom stereocenters. The number of piperazine rings is 1. The maximum Gasteiger partial charge on any atom is 0.263 e. The van der Waals surface area contributed by atoms with E-state index in [1.54, 1.807) is 0 Å². The smallest absolute Gasteiger partial charge is 0.263 e. The van der Waals surface area contributed by atoms with Crippen molar-refractivity contribution in [1.82, 2.24) is 9.80 Å². The van der Waals surface area contributed by atoms with Crippen molar-refractivity contribution in [3.8, 4) is 5.75 Å². The summed E-state index contributed by atoms with van der Waals surface area (Å²) in [6.45, 7) is 7.28. The fourth-order valence-corrected chi connectivity index (χ4v) is 2.23. The van der Waals surface area contributed by atoms with Gasteiger partial charge in [0.2, 0.25) is 0 Å². The van der Waals surface area contributed by atoms with Crippen LogP contribution < -0.4 is 4.74 Å². The summed E-state index contributed by atoms with van der Waals surface area (Å²) in [7, 11) is 2.08. The summed E-state index contributed by atoms with van der Waals surface area (Å²) < 4.78 is 5.73. The number of benzene rings is 1. The Bertz CT molecular complexity index is 440. The van der Waals surface area contributed by atoms with Crippen LogP contribution in [0.2, 0.25) is 0 Å². The lowest BCUT2D eigenvalue weighted by atomic mass is 10.2. The van der Waals surface area contributed by atoms with Crippen LogP contribution in [0.3, 0.4) is 0 Å². The molecule has 0 bridgehead atoms. The van der Waals surface area contributed by atoms with E-state index in [1.807, 2.05) is 43.0 Å². The quantitative estimate of drug-likeness (QED) is 0.828. The van der Waals surface area contributed by atoms with Crippen molar-refractivity contribution >= 4 is 5.91 Å². The first kappa shape index (κ1) is 13.9. The molecule has 1 aliphatic heterocycles. The molecule has 1 aliphatic rings. The summed E-state index contributed by atoms with van der Waals surface area (Å²) in [5.74, 6) is 0.838. The zero-order chi connectivity index (χ0) is 13.8. The predicted octanol–water partition coefficient (Wildman–Crippen LogP) is 1.54. The molecule has 0 aromatic heterocycles. The molecule has 104 valence electrons. The molecule has 0 unspecified atom stereocenters. The molecule has 1 aromatic carbocycles. The molecule has 0 aliphatic carbocycles. The lowest BCUT2D eigenvalue weighted by Gasteiger charge is -2.33. The number of ether oxygens (including phenoxy) is 1. The lowest BCUT2D eigenvalue weighted by molar-refractivity contribution is -0.139. The Kier molecular flexibility index (Phi) is 4.43. The number of carbonyl (C=O) groups excluding carboxylic acids is 1. The number of aryl methyl sites for hydroxylation is 1. The molecule has 1 saturated heterocycles. The highest BCUT2D eigenvalue weighted by Gasteiger charge is 2.24. The van der Waals surface area contributed by atoms with Gasteiger partial charge in [0.15, 0.2) is 6.10 Å². The van der Waals surface area contributed by atoms with Crippen molar-refractivity contribution in [1.29, 1.82) is 0 Å². The molecule has 0 saturated carbocycles. The summed E-state index contributed by atoms with van der Waals surface area (Å²) in [6.07, 6.45) is -0.426. The van der Waals surface area contributed by atoms with Crippen LogP contribution in [-0.4, -0.2) is 55.0 Å². The molecular formula is C15H22N2O2. The van der Waals surface area contributed by atoms with Crippen LogP contribution in [-0.2, 0) is 4.79 Å². The minimum Gasteiger partial charge on any atom is -0.481 e. The van der Waals surface area contributed by atoms with Gasteiger partial charge in [-0.15, -0.1) is 0 Å². The molecular weight excluding hydrogens is 240 g/mol. The molecule has 19 heavy (non-hydrogen) atoms. The van der Waals surface area contributed by atoms with Gasteiger partial charge >= 0.3 is 0 Å². The van der Waals surface area contributed by atoms with Crippen LogP contribution in [0.15, 0.2) is 24.3 Å². The van der Waals surface area contributed by atoms with E-state index in [-0.39, 0.29) is 5.91 Å². The monoisotopic (exact) mass is 262 g/mol. The molecule has 4 heteroatoms. The Balaban J connectivity index is 1.92. The fraction of sp³-hybridized carbons (Fsp3) is 0.533. The van der Waals surface area contributed by atoms with Crippen molar-refractivity contribution < 1.29 is 9.53 Å². The fourth-order valence-electron chi connectivity index (χ4n) is 2.23. The Labute approximate surface area is 115 Å². The largest absolute Gasteiger partial charge is 0.481 e. The van der Waals surface area contributed by atoms with Gasteiger partial charge in [0.05, 0.1) is 0 Å². The number of hydrogen-bond donors (Lipinski definition) is 0. The number of rotatable bonds is 3. The molecule has 1 aromatic rings. The van der Waals surface area contributed by atoms with Gasteiger partial charge in [0.1, 0.15) is 5.75 Å². The Morgan fingerprint density at radius 1 is 1.26 bits per heavy atom. The zero-order valence-electron chi connectivity index (χ0n) is 11.9. The normalized spacial score (nSPS) is 18.2. The summed E-state index contributed by atoms with van der Waals surface area (Å²) in [6, 6.07) is 7.80. The van der Waals surface area contributed by atoms with Crippen molar-refractivity contribution in [2.75, 3.05) is 33.2 Å². The van der Waals surface area contributed by atoms with Gasteiger partial charge in [-0.05, 0) is 38.6 Å². The van der Waals surface area contributed by atoms with E-state index in [0.717, 1.165) is 37.5 Å². The minimum atomic E-state index is -0.426. The number of nitrogens with zero attached hydrogens (tertiary/aromatic N) is 2. The molecule has 0 radical (unpaired) electrons. The third-order valence-electron chi connectivity index (χ3n) is 3.47. The Morgan fingerprint density at radius 2 is 1.95 bits per heavy atom. The van der Waals surface area contributed by atoms with Crippen molar-refractivity contribution in [2.24, 2.45) is 0 Å². The molecule has 2 rings (SSSR count). The highest BCUT2D eigenvalue weighted by atomic mass is 16.5. The van der Waals surface area contributed by atoms with E-state index in [4.69, 9.17) is 4.74 Å².